The molecule has 0 spiro atoms. The largest absolute Gasteiger partial charge is 0.457 e. The van der Waals surface area contributed by atoms with Crippen LogP contribution in [0.2, 0.25) is 0 Å². The Morgan fingerprint density at radius 3 is 2.30 bits per heavy atom. The van der Waals surface area contributed by atoms with E-state index in [9.17, 15) is 4.79 Å². The first kappa shape index (κ1) is 14.1. The van der Waals surface area contributed by atoms with E-state index >= 15 is 0 Å². The van der Waals surface area contributed by atoms with Gasteiger partial charge in [-0.25, -0.2) is 0 Å². The van der Waals surface area contributed by atoms with Crippen molar-refractivity contribution >= 4 is 23.6 Å². The van der Waals surface area contributed by atoms with Gasteiger partial charge in [-0.1, -0.05) is 30.3 Å². The maximum Gasteiger partial charge on any atom is 0.197 e. The van der Waals surface area contributed by atoms with E-state index < -0.39 is 5.38 Å². The van der Waals surface area contributed by atoms with Gasteiger partial charge >= 0.3 is 0 Å². The first-order chi connectivity index (χ1) is 9.70. The lowest BCUT2D eigenvalue weighted by atomic mass is 10.1. The van der Waals surface area contributed by atoms with E-state index in [1.54, 1.807) is 24.3 Å². The summed E-state index contributed by atoms with van der Waals surface area (Å²) in [6, 6.07) is 16.4. The maximum atomic E-state index is 11.5. The van der Waals surface area contributed by atoms with E-state index in [2.05, 4.69) is 5.10 Å². The predicted molar refractivity (Wildman–Crippen MR) is 79.2 cm³/mol. The minimum absolute atomic E-state index is 0.356. The number of ether oxygens (including phenoxy) is 1. The smallest absolute Gasteiger partial charge is 0.197 e. The molecule has 0 radical (unpaired) electrons. The van der Waals surface area contributed by atoms with Crippen molar-refractivity contribution in [3.8, 4) is 11.5 Å². The Labute approximate surface area is 121 Å². The summed E-state index contributed by atoms with van der Waals surface area (Å²) in [7, 11) is 0. The molecule has 0 heterocycles. The van der Waals surface area contributed by atoms with Gasteiger partial charge < -0.3 is 10.6 Å². The van der Waals surface area contributed by atoms with Gasteiger partial charge in [0.15, 0.2) is 5.78 Å². The second-order valence-electron chi connectivity index (χ2n) is 4.03. The third-order valence-electron chi connectivity index (χ3n) is 2.60. The van der Waals surface area contributed by atoms with Crippen molar-refractivity contribution < 1.29 is 9.53 Å². The molecule has 2 aromatic carbocycles. The third kappa shape index (κ3) is 3.59. The van der Waals surface area contributed by atoms with Gasteiger partial charge in [0.1, 0.15) is 16.9 Å². The Morgan fingerprint density at radius 2 is 1.70 bits per heavy atom. The van der Waals surface area contributed by atoms with Crippen LogP contribution in [0.15, 0.2) is 59.7 Å². The number of rotatable bonds is 5. The molecule has 0 amide bonds. The van der Waals surface area contributed by atoms with E-state index in [0.717, 1.165) is 12.0 Å². The highest BCUT2D eigenvalue weighted by Crippen LogP contribution is 2.26. The van der Waals surface area contributed by atoms with Crippen molar-refractivity contribution in [2.24, 2.45) is 10.9 Å². The predicted octanol–water partition coefficient (Wildman–Crippen LogP) is 3.27. The van der Waals surface area contributed by atoms with E-state index in [1.807, 2.05) is 30.3 Å². The molecule has 5 heteroatoms. The molecule has 1 unspecified atom stereocenters. The molecular formula is C15H13ClN2O2. The topological polar surface area (TPSA) is 64.7 Å². The van der Waals surface area contributed by atoms with Crippen molar-refractivity contribution in [3.05, 3.63) is 60.2 Å². The standard InChI is InChI=1S/C15H13ClN2O2/c16-15(14(19)10-18-17)11-6-8-13(9-7-11)20-12-4-2-1-3-5-12/h1-10,15H,17H2. The van der Waals surface area contributed by atoms with Crippen molar-refractivity contribution in [1.82, 2.24) is 0 Å². The van der Waals surface area contributed by atoms with Crippen LogP contribution in [0.1, 0.15) is 10.9 Å². The molecule has 0 aliphatic carbocycles. The summed E-state index contributed by atoms with van der Waals surface area (Å²) in [6.45, 7) is 0. The van der Waals surface area contributed by atoms with E-state index in [0.29, 0.717) is 11.3 Å². The number of alkyl halides is 1. The Hall–Kier alpha value is -2.33. The van der Waals surface area contributed by atoms with Crippen LogP contribution in [0.3, 0.4) is 0 Å². The highest BCUT2D eigenvalue weighted by atomic mass is 35.5. The van der Waals surface area contributed by atoms with Crippen molar-refractivity contribution in [1.29, 1.82) is 0 Å². The van der Waals surface area contributed by atoms with E-state index in [1.165, 1.54) is 0 Å². The molecule has 102 valence electrons. The molecule has 0 bridgehead atoms. The molecule has 0 saturated heterocycles. The minimum Gasteiger partial charge on any atom is -0.457 e. The van der Waals surface area contributed by atoms with Crippen LogP contribution in [0.25, 0.3) is 0 Å². The zero-order valence-corrected chi connectivity index (χ0v) is 11.3. The van der Waals surface area contributed by atoms with Gasteiger partial charge in [0.05, 0.1) is 6.21 Å². The second-order valence-corrected chi connectivity index (χ2v) is 4.46. The first-order valence-corrected chi connectivity index (χ1v) is 6.38. The summed E-state index contributed by atoms with van der Waals surface area (Å²) < 4.78 is 5.65. The monoisotopic (exact) mass is 288 g/mol. The van der Waals surface area contributed by atoms with Gasteiger partial charge in [-0.15, -0.1) is 11.6 Å². The Bertz CT molecular complexity index is 597. The highest BCUT2D eigenvalue weighted by Gasteiger charge is 2.15. The molecule has 0 saturated carbocycles. The number of hydrazone groups is 1. The number of para-hydroxylation sites is 1. The number of nitrogens with zero attached hydrogens (tertiary/aromatic N) is 1. The number of hydrogen-bond acceptors (Lipinski definition) is 4. The van der Waals surface area contributed by atoms with Crippen molar-refractivity contribution in [2.45, 2.75) is 5.38 Å². The fourth-order valence-electron chi connectivity index (χ4n) is 1.63. The zero-order chi connectivity index (χ0) is 14.4. The Balaban J connectivity index is 2.08. The molecule has 0 aliphatic rings. The lowest BCUT2D eigenvalue weighted by Crippen LogP contribution is -2.09. The molecule has 2 rings (SSSR count). The molecule has 2 N–H and O–H groups in total. The Morgan fingerprint density at radius 1 is 1.10 bits per heavy atom. The summed E-state index contributed by atoms with van der Waals surface area (Å²) in [5.41, 5.74) is 0.664. The van der Waals surface area contributed by atoms with Crippen LogP contribution in [0.5, 0.6) is 11.5 Å². The Kier molecular flexibility index (Phi) is 4.74. The quantitative estimate of drug-likeness (QED) is 0.397. The number of nitrogens with two attached hydrogens (primary N) is 1. The summed E-state index contributed by atoms with van der Waals surface area (Å²) in [6.07, 6.45) is 1.01. The van der Waals surface area contributed by atoms with Crippen LogP contribution < -0.4 is 10.6 Å². The summed E-state index contributed by atoms with van der Waals surface area (Å²) in [5, 5.41) is 2.37. The molecule has 0 aromatic heterocycles. The molecule has 2 aromatic rings. The highest BCUT2D eigenvalue weighted by molar-refractivity contribution is 6.44. The molecule has 4 nitrogen and oxygen atoms in total. The van der Waals surface area contributed by atoms with Gasteiger partial charge in [-0.3, -0.25) is 4.79 Å². The van der Waals surface area contributed by atoms with Crippen LogP contribution in [-0.4, -0.2) is 12.0 Å². The number of carbonyl (C=O) groups excluding carboxylic acids is 1. The van der Waals surface area contributed by atoms with Crippen molar-refractivity contribution in [2.75, 3.05) is 0 Å². The summed E-state index contributed by atoms with van der Waals surface area (Å²) in [5.74, 6) is 5.98. The van der Waals surface area contributed by atoms with E-state index in [-0.39, 0.29) is 5.78 Å². The summed E-state index contributed by atoms with van der Waals surface area (Å²) in [4.78, 5) is 11.5. The molecule has 0 aliphatic heterocycles. The van der Waals surface area contributed by atoms with Gasteiger partial charge in [0.2, 0.25) is 0 Å². The third-order valence-corrected chi connectivity index (χ3v) is 3.07. The van der Waals surface area contributed by atoms with Gasteiger partial charge in [0, 0.05) is 0 Å². The minimum atomic E-state index is -0.798. The average molecular weight is 289 g/mol. The fourth-order valence-corrected chi connectivity index (χ4v) is 1.83. The average Bonchev–Trinajstić information content (AvgIpc) is 2.48. The normalized spacial score (nSPS) is 12.2. The number of carbonyl (C=O) groups is 1. The van der Waals surface area contributed by atoms with E-state index in [4.69, 9.17) is 22.2 Å². The number of Topliss-reactive ketones (excluding diaryl/α,β-unsaturated/α-hetero) is 1. The maximum absolute atomic E-state index is 11.5. The molecule has 1 atom stereocenters. The number of hydrogen-bond donors (Lipinski definition) is 1. The number of ketones is 1. The van der Waals surface area contributed by atoms with Crippen LogP contribution in [-0.2, 0) is 4.79 Å². The second kappa shape index (κ2) is 6.73. The van der Waals surface area contributed by atoms with Crippen LogP contribution in [0.4, 0.5) is 0 Å². The SMILES string of the molecule is NN=CC(=O)C(Cl)c1ccc(Oc2ccccc2)cc1. The number of halogens is 1. The molecule has 0 fully saturated rings. The lowest BCUT2D eigenvalue weighted by Gasteiger charge is -2.08. The van der Waals surface area contributed by atoms with Crippen LogP contribution in [0, 0.1) is 0 Å². The lowest BCUT2D eigenvalue weighted by molar-refractivity contribution is -0.112. The molecular weight excluding hydrogens is 276 g/mol. The summed E-state index contributed by atoms with van der Waals surface area (Å²) >= 11 is 6.01. The van der Waals surface area contributed by atoms with Gasteiger partial charge in [0.25, 0.3) is 0 Å². The first-order valence-electron chi connectivity index (χ1n) is 5.95. The number of benzene rings is 2. The fraction of sp³-hybridized carbons (Fsp3) is 0.0667. The van der Waals surface area contributed by atoms with Crippen molar-refractivity contribution in [3.63, 3.8) is 0 Å². The van der Waals surface area contributed by atoms with Gasteiger partial charge in [-0.2, -0.15) is 5.10 Å². The molecule has 20 heavy (non-hydrogen) atoms. The zero-order valence-electron chi connectivity index (χ0n) is 10.6. The van der Waals surface area contributed by atoms with Crippen LogP contribution >= 0.6 is 11.6 Å². The van der Waals surface area contributed by atoms with Gasteiger partial charge in [-0.05, 0) is 29.8 Å².